The topological polar surface area (TPSA) is 29.1 Å². The number of nitrogens with one attached hydrogen (secondary N) is 1. The highest BCUT2D eigenvalue weighted by Gasteiger charge is 2.50. The Morgan fingerprint density at radius 1 is 1.38 bits per heavy atom. The molecule has 0 radical (unpaired) electrons. The summed E-state index contributed by atoms with van der Waals surface area (Å²) in [7, 11) is 0. The zero-order valence-corrected chi connectivity index (χ0v) is 8.81. The first-order chi connectivity index (χ1) is 5.93. The number of carbonyl (C=O) groups is 1. The Kier molecular flexibility index (Phi) is 1.73. The van der Waals surface area contributed by atoms with Crippen molar-refractivity contribution < 1.29 is 4.79 Å². The lowest BCUT2D eigenvalue weighted by Crippen LogP contribution is -2.45. The third-order valence-corrected chi connectivity index (χ3v) is 3.95. The second-order valence-corrected chi connectivity index (χ2v) is 5.56. The first-order valence-electron chi connectivity index (χ1n) is 5.24. The molecular weight excluding hydrogens is 162 g/mol. The molecule has 2 nitrogen and oxygen atoms in total. The predicted molar refractivity (Wildman–Crippen MR) is 52.3 cm³/mol. The van der Waals surface area contributed by atoms with Gasteiger partial charge in [0.2, 0.25) is 5.91 Å². The lowest BCUT2D eigenvalue weighted by Gasteiger charge is -2.37. The largest absolute Gasteiger partial charge is 0.351 e. The maximum Gasteiger partial charge on any atom is 0.221 e. The second-order valence-electron chi connectivity index (χ2n) is 5.56. The van der Waals surface area contributed by atoms with E-state index in [1.54, 1.807) is 0 Å². The summed E-state index contributed by atoms with van der Waals surface area (Å²) in [6.07, 6.45) is 4.69. The third kappa shape index (κ3) is 1.47. The van der Waals surface area contributed by atoms with Crippen molar-refractivity contribution in [3.05, 3.63) is 0 Å². The van der Waals surface area contributed by atoms with Gasteiger partial charge in [-0.15, -0.1) is 0 Å². The summed E-state index contributed by atoms with van der Waals surface area (Å²) in [4.78, 5) is 11.4. The molecule has 74 valence electrons. The first kappa shape index (κ1) is 9.04. The van der Waals surface area contributed by atoms with Crippen molar-refractivity contribution in [3.8, 4) is 0 Å². The minimum atomic E-state index is -0.00727. The van der Waals surface area contributed by atoms with Crippen LogP contribution in [-0.4, -0.2) is 11.4 Å². The molecule has 1 heterocycles. The molecule has 1 saturated heterocycles. The van der Waals surface area contributed by atoms with Gasteiger partial charge in [0.1, 0.15) is 0 Å². The van der Waals surface area contributed by atoms with E-state index in [2.05, 4.69) is 26.1 Å². The van der Waals surface area contributed by atoms with Crippen molar-refractivity contribution in [2.45, 2.75) is 52.0 Å². The van der Waals surface area contributed by atoms with Crippen molar-refractivity contribution >= 4 is 5.91 Å². The number of rotatable bonds is 2. The highest BCUT2D eigenvalue weighted by atomic mass is 16.2. The van der Waals surface area contributed by atoms with E-state index in [4.69, 9.17) is 0 Å². The molecule has 1 saturated carbocycles. The molecule has 2 fully saturated rings. The van der Waals surface area contributed by atoms with Crippen molar-refractivity contribution in [2.75, 3.05) is 0 Å². The molecule has 0 aromatic carbocycles. The average molecular weight is 181 g/mol. The SMILES string of the molecule is CC1(CC2CC2)CC(=O)NC1(C)C. The van der Waals surface area contributed by atoms with Crippen molar-refractivity contribution in [3.63, 3.8) is 0 Å². The van der Waals surface area contributed by atoms with Crippen LogP contribution in [-0.2, 0) is 4.79 Å². The van der Waals surface area contributed by atoms with Gasteiger partial charge in [-0.05, 0) is 31.6 Å². The zero-order valence-electron chi connectivity index (χ0n) is 8.81. The highest BCUT2D eigenvalue weighted by molar-refractivity contribution is 5.80. The molecule has 1 aliphatic carbocycles. The van der Waals surface area contributed by atoms with E-state index >= 15 is 0 Å². The molecule has 0 bridgehead atoms. The summed E-state index contributed by atoms with van der Waals surface area (Å²) < 4.78 is 0. The fourth-order valence-corrected chi connectivity index (χ4v) is 2.41. The second kappa shape index (κ2) is 2.49. The highest BCUT2D eigenvalue weighted by Crippen LogP contribution is 2.49. The predicted octanol–water partition coefficient (Wildman–Crippen LogP) is 2.09. The van der Waals surface area contributed by atoms with Crippen LogP contribution in [0.3, 0.4) is 0 Å². The fourth-order valence-electron chi connectivity index (χ4n) is 2.41. The maximum absolute atomic E-state index is 11.4. The van der Waals surface area contributed by atoms with Gasteiger partial charge in [-0.3, -0.25) is 4.79 Å². The van der Waals surface area contributed by atoms with E-state index in [0.29, 0.717) is 0 Å². The van der Waals surface area contributed by atoms with Gasteiger partial charge in [-0.1, -0.05) is 19.8 Å². The maximum atomic E-state index is 11.4. The summed E-state index contributed by atoms with van der Waals surface area (Å²) in [5.74, 6) is 1.13. The van der Waals surface area contributed by atoms with Gasteiger partial charge in [-0.2, -0.15) is 0 Å². The van der Waals surface area contributed by atoms with Crippen LogP contribution in [0.2, 0.25) is 0 Å². The normalized spacial score (nSPS) is 37.6. The molecule has 2 aliphatic rings. The number of hydrogen-bond donors (Lipinski definition) is 1. The fraction of sp³-hybridized carbons (Fsp3) is 0.909. The number of carbonyl (C=O) groups excluding carboxylic acids is 1. The minimum absolute atomic E-state index is 0.00727. The lowest BCUT2D eigenvalue weighted by molar-refractivity contribution is -0.119. The van der Waals surface area contributed by atoms with Crippen molar-refractivity contribution in [2.24, 2.45) is 11.3 Å². The summed E-state index contributed by atoms with van der Waals surface area (Å²) in [5, 5.41) is 3.08. The Morgan fingerprint density at radius 2 is 2.00 bits per heavy atom. The molecule has 0 spiro atoms. The smallest absolute Gasteiger partial charge is 0.221 e. The molecule has 13 heavy (non-hydrogen) atoms. The van der Waals surface area contributed by atoms with Crippen LogP contribution in [0.4, 0.5) is 0 Å². The van der Waals surface area contributed by atoms with Gasteiger partial charge in [0, 0.05) is 12.0 Å². The monoisotopic (exact) mass is 181 g/mol. The molecule has 1 amide bonds. The summed E-state index contributed by atoms with van der Waals surface area (Å²) >= 11 is 0. The first-order valence-corrected chi connectivity index (χ1v) is 5.24. The summed E-state index contributed by atoms with van der Waals surface area (Å²) in [6.45, 7) is 6.56. The minimum Gasteiger partial charge on any atom is -0.351 e. The standard InChI is InChI=1S/C11H19NO/c1-10(2)11(3,6-8-4-5-8)7-9(13)12-10/h8H,4-7H2,1-3H3,(H,12,13). The summed E-state index contributed by atoms with van der Waals surface area (Å²) in [6, 6.07) is 0. The quantitative estimate of drug-likeness (QED) is 0.694. The van der Waals surface area contributed by atoms with E-state index in [1.807, 2.05) is 0 Å². The van der Waals surface area contributed by atoms with Gasteiger partial charge in [0.25, 0.3) is 0 Å². The average Bonchev–Trinajstić information content (AvgIpc) is 2.64. The molecule has 1 atom stereocenters. The van der Waals surface area contributed by atoms with Crippen LogP contribution >= 0.6 is 0 Å². The van der Waals surface area contributed by atoms with E-state index in [9.17, 15) is 4.79 Å². The van der Waals surface area contributed by atoms with Crippen LogP contribution in [0.1, 0.15) is 46.5 Å². The Balaban J connectivity index is 2.13. The molecule has 2 rings (SSSR count). The zero-order chi connectivity index (χ0) is 9.69. The van der Waals surface area contributed by atoms with E-state index in [1.165, 1.54) is 19.3 Å². The molecule has 1 aliphatic heterocycles. The molecule has 0 aromatic heterocycles. The van der Waals surface area contributed by atoms with E-state index in [0.717, 1.165) is 12.3 Å². The molecular formula is C11H19NO. The van der Waals surface area contributed by atoms with Crippen LogP contribution in [0, 0.1) is 11.3 Å². The van der Waals surface area contributed by atoms with Crippen LogP contribution in [0.25, 0.3) is 0 Å². The summed E-state index contributed by atoms with van der Waals surface area (Å²) in [5.41, 5.74) is 0.178. The Morgan fingerprint density at radius 3 is 2.38 bits per heavy atom. The van der Waals surface area contributed by atoms with Gasteiger partial charge >= 0.3 is 0 Å². The Hall–Kier alpha value is -0.530. The van der Waals surface area contributed by atoms with Crippen molar-refractivity contribution in [1.29, 1.82) is 0 Å². The number of amides is 1. The van der Waals surface area contributed by atoms with Gasteiger partial charge in [0.05, 0.1) is 0 Å². The number of hydrogen-bond acceptors (Lipinski definition) is 1. The Labute approximate surface area is 80.1 Å². The van der Waals surface area contributed by atoms with Gasteiger partial charge < -0.3 is 5.32 Å². The molecule has 0 aromatic rings. The molecule has 1 unspecified atom stereocenters. The van der Waals surface area contributed by atoms with Gasteiger partial charge in [-0.25, -0.2) is 0 Å². The lowest BCUT2D eigenvalue weighted by atomic mass is 9.70. The van der Waals surface area contributed by atoms with E-state index < -0.39 is 0 Å². The van der Waals surface area contributed by atoms with Crippen molar-refractivity contribution in [1.82, 2.24) is 5.32 Å². The van der Waals surface area contributed by atoms with Crippen LogP contribution < -0.4 is 5.32 Å². The molecule has 1 N–H and O–H groups in total. The van der Waals surface area contributed by atoms with Crippen LogP contribution in [0.15, 0.2) is 0 Å². The molecule has 2 heteroatoms. The van der Waals surface area contributed by atoms with Gasteiger partial charge in [0.15, 0.2) is 0 Å². The third-order valence-electron chi connectivity index (χ3n) is 3.95. The Bertz CT molecular complexity index is 242. The van der Waals surface area contributed by atoms with Crippen LogP contribution in [0.5, 0.6) is 0 Å². The van der Waals surface area contributed by atoms with E-state index in [-0.39, 0.29) is 16.9 Å².